The predicted octanol–water partition coefficient (Wildman–Crippen LogP) is 4.71. The van der Waals surface area contributed by atoms with Gasteiger partial charge in [0.2, 0.25) is 0 Å². The van der Waals surface area contributed by atoms with Gasteiger partial charge in [-0.1, -0.05) is 38.5 Å². The van der Waals surface area contributed by atoms with E-state index in [9.17, 15) is 0 Å². The highest BCUT2D eigenvalue weighted by Crippen LogP contribution is 2.24. The number of hydrogen-bond acceptors (Lipinski definition) is 1. The molecule has 0 aliphatic carbocycles. The molecule has 1 aromatic carbocycles. The van der Waals surface area contributed by atoms with Crippen LogP contribution < -0.4 is 0 Å². The van der Waals surface area contributed by atoms with Gasteiger partial charge in [0.1, 0.15) is 0 Å². The van der Waals surface area contributed by atoms with Gasteiger partial charge in [0.05, 0.1) is 5.38 Å². The molecule has 0 saturated heterocycles. The number of nitrogens with zero attached hydrogens (tertiary/aromatic N) is 1. The van der Waals surface area contributed by atoms with Crippen LogP contribution in [0.5, 0.6) is 0 Å². The molecule has 1 nitrogen and oxygen atoms in total. The minimum absolute atomic E-state index is 0.0982. The smallest absolute Gasteiger partial charge is 0.0712 e. The minimum Gasteiger partial charge on any atom is -0.302 e. The van der Waals surface area contributed by atoms with Crippen molar-refractivity contribution >= 4 is 11.6 Å². The molecular formula is C16H26ClN. The fourth-order valence-corrected chi connectivity index (χ4v) is 2.38. The Hall–Kier alpha value is -0.530. The summed E-state index contributed by atoms with van der Waals surface area (Å²) in [6, 6.07) is 6.55. The molecule has 0 amide bonds. The van der Waals surface area contributed by atoms with Gasteiger partial charge in [-0.2, -0.15) is 0 Å². The molecule has 1 rings (SSSR count). The Labute approximate surface area is 117 Å². The van der Waals surface area contributed by atoms with Crippen molar-refractivity contribution in [2.45, 2.75) is 45.9 Å². The summed E-state index contributed by atoms with van der Waals surface area (Å²) in [6.07, 6.45) is 2.50. The van der Waals surface area contributed by atoms with E-state index in [4.69, 9.17) is 11.6 Å². The van der Waals surface area contributed by atoms with Crippen LogP contribution in [0.3, 0.4) is 0 Å². The molecule has 102 valence electrons. The first kappa shape index (κ1) is 15.5. The maximum absolute atomic E-state index is 6.54. The lowest BCUT2D eigenvalue weighted by Gasteiger charge is -2.23. The molecule has 0 heterocycles. The van der Waals surface area contributed by atoms with Crippen LogP contribution in [0.1, 0.15) is 48.8 Å². The van der Waals surface area contributed by atoms with Crippen LogP contribution in [0.25, 0.3) is 0 Å². The summed E-state index contributed by atoms with van der Waals surface area (Å²) in [5.74, 6) is 0. The zero-order valence-electron chi connectivity index (χ0n) is 12.2. The number of aryl methyl sites for hydroxylation is 2. The first-order valence-electron chi connectivity index (χ1n) is 7.02. The molecule has 2 heteroatoms. The zero-order chi connectivity index (χ0) is 13.5. The Morgan fingerprint density at radius 2 is 1.89 bits per heavy atom. The van der Waals surface area contributed by atoms with Crippen molar-refractivity contribution in [3.63, 3.8) is 0 Å². The van der Waals surface area contributed by atoms with E-state index in [1.54, 1.807) is 0 Å². The second kappa shape index (κ2) is 7.81. The van der Waals surface area contributed by atoms with Crippen molar-refractivity contribution in [1.29, 1.82) is 0 Å². The van der Waals surface area contributed by atoms with Crippen LogP contribution in [-0.4, -0.2) is 24.5 Å². The molecule has 0 fully saturated rings. The predicted molar refractivity (Wildman–Crippen MR) is 81.5 cm³/mol. The van der Waals surface area contributed by atoms with E-state index >= 15 is 0 Å². The number of unbranched alkanes of at least 4 members (excludes halogenated alkanes) is 1. The number of hydrogen-bond donors (Lipinski definition) is 0. The van der Waals surface area contributed by atoms with Gasteiger partial charge in [-0.05, 0) is 50.0 Å². The van der Waals surface area contributed by atoms with Gasteiger partial charge in [-0.15, -0.1) is 11.6 Å². The van der Waals surface area contributed by atoms with Crippen LogP contribution in [0, 0.1) is 13.8 Å². The second-order valence-corrected chi connectivity index (χ2v) is 5.58. The average molecular weight is 268 g/mol. The molecular weight excluding hydrogens is 242 g/mol. The average Bonchev–Trinajstić information content (AvgIpc) is 2.37. The van der Waals surface area contributed by atoms with E-state index in [1.165, 1.54) is 29.5 Å². The van der Waals surface area contributed by atoms with E-state index in [-0.39, 0.29) is 5.38 Å². The Kier molecular flexibility index (Phi) is 6.73. The zero-order valence-corrected chi connectivity index (χ0v) is 12.9. The molecule has 1 unspecified atom stereocenters. The third-order valence-electron chi connectivity index (χ3n) is 3.59. The van der Waals surface area contributed by atoms with Crippen LogP contribution >= 0.6 is 11.6 Å². The first-order valence-corrected chi connectivity index (χ1v) is 7.45. The number of alkyl halides is 1. The SMILES string of the molecule is CCCCN(CC)CC(Cl)c1ccc(C)c(C)c1. The number of halogens is 1. The highest BCUT2D eigenvalue weighted by atomic mass is 35.5. The second-order valence-electron chi connectivity index (χ2n) is 5.06. The number of rotatable bonds is 7. The fourth-order valence-electron chi connectivity index (χ4n) is 2.05. The van der Waals surface area contributed by atoms with Crippen LogP contribution in [0.2, 0.25) is 0 Å². The molecule has 0 radical (unpaired) electrons. The molecule has 0 spiro atoms. The summed E-state index contributed by atoms with van der Waals surface area (Å²) >= 11 is 6.54. The summed E-state index contributed by atoms with van der Waals surface area (Å²) in [5.41, 5.74) is 3.91. The van der Waals surface area contributed by atoms with E-state index < -0.39 is 0 Å². The van der Waals surface area contributed by atoms with Gasteiger partial charge in [-0.3, -0.25) is 0 Å². The number of likely N-dealkylation sites (N-methyl/N-ethyl adjacent to an activating group) is 1. The molecule has 1 aromatic rings. The van der Waals surface area contributed by atoms with Crippen LogP contribution in [0.15, 0.2) is 18.2 Å². The molecule has 0 aromatic heterocycles. The van der Waals surface area contributed by atoms with E-state index in [2.05, 4.69) is 50.8 Å². The summed E-state index contributed by atoms with van der Waals surface area (Å²) < 4.78 is 0. The Balaban J connectivity index is 2.62. The topological polar surface area (TPSA) is 3.24 Å². The van der Waals surface area contributed by atoms with Gasteiger partial charge >= 0.3 is 0 Å². The van der Waals surface area contributed by atoms with Crippen LogP contribution in [-0.2, 0) is 0 Å². The van der Waals surface area contributed by atoms with Gasteiger partial charge in [-0.25, -0.2) is 0 Å². The van der Waals surface area contributed by atoms with Crippen LogP contribution in [0.4, 0.5) is 0 Å². The van der Waals surface area contributed by atoms with Crippen molar-refractivity contribution in [3.8, 4) is 0 Å². The maximum Gasteiger partial charge on any atom is 0.0712 e. The molecule has 0 N–H and O–H groups in total. The summed E-state index contributed by atoms with van der Waals surface area (Å²) in [5, 5.41) is 0.0982. The molecule has 0 aliphatic heterocycles. The van der Waals surface area contributed by atoms with Crippen molar-refractivity contribution < 1.29 is 0 Å². The van der Waals surface area contributed by atoms with E-state index in [1.807, 2.05) is 0 Å². The third-order valence-corrected chi connectivity index (χ3v) is 3.98. The standard InChI is InChI=1S/C16H26ClN/c1-5-7-10-18(6-2)12-16(17)15-9-8-13(3)14(4)11-15/h8-9,11,16H,5-7,10,12H2,1-4H3. The Bertz CT molecular complexity index is 362. The fraction of sp³-hybridized carbons (Fsp3) is 0.625. The van der Waals surface area contributed by atoms with Crippen molar-refractivity contribution in [1.82, 2.24) is 4.90 Å². The van der Waals surface area contributed by atoms with Gasteiger partial charge in [0, 0.05) is 6.54 Å². The lowest BCUT2D eigenvalue weighted by molar-refractivity contribution is 0.283. The minimum atomic E-state index is 0.0982. The maximum atomic E-state index is 6.54. The lowest BCUT2D eigenvalue weighted by atomic mass is 10.0. The van der Waals surface area contributed by atoms with Gasteiger partial charge in [0.25, 0.3) is 0 Å². The van der Waals surface area contributed by atoms with Gasteiger partial charge < -0.3 is 4.90 Å². The molecule has 1 atom stereocenters. The summed E-state index contributed by atoms with van der Waals surface area (Å²) in [7, 11) is 0. The third kappa shape index (κ3) is 4.62. The van der Waals surface area contributed by atoms with Crippen molar-refractivity contribution in [2.75, 3.05) is 19.6 Å². The van der Waals surface area contributed by atoms with E-state index in [0.29, 0.717) is 0 Å². The lowest BCUT2D eigenvalue weighted by Crippen LogP contribution is -2.28. The first-order chi connectivity index (χ1) is 8.58. The Morgan fingerprint density at radius 1 is 1.17 bits per heavy atom. The summed E-state index contributed by atoms with van der Waals surface area (Å²) in [6.45, 7) is 11.9. The van der Waals surface area contributed by atoms with E-state index in [0.717, 1.165) is 19.6 Å². The highest BCUT2D eigenvalue weighted by Gasteiger charge is 2.12. The largest absolute Gasteiger partial charge is 0.302 e. The molecule has 0 aliphatic rings. The molecule has 0 bridgehead atoms. The highest BCUT2D eigenvalue weighted by molar-refractivity contribution is 6.21. The molecule has 0 saturated carbocycles. The summed E-state index contributed by atoms with van der Waals surface area (Å²) in [4.78, 5) is 2.44. The van der Waals surface area contributed by atoms with Crippen molar-refractivity contribution in [2.24, 2.45) is 0 Å². The quantitative estimate of drug-likeness (QED) is 0.647. The van der Waals surface area contributed by atoms with Gasteiger partial charge in [0.15, 0.2) is 0 Å². The number of benzene rings is 1. The Morgan fingerprint density at radius 3 is 2.44 bits per heavy atom. The molecule has 18 heavy (non-hydrogen) atoms. The normalized spacial score (nSPS) is 13.0. The monoisotopic (exact) mass is 267 g/mol. The van der Waals surface area contributed by atoms with Crippen molar-refractivity contribution in [3.05, 3.63) is 34.9 Å².